The third-order valence-corrected chi connectivity index (χ3v) is 5.45. The first-order valence-corrected chi connectivity index (χ1v) is 10.2. The zero-order valence-electron chi connectivity index (χ0n) is 16.7. The standard InChI is InChI=1S/C22H32N4O/c1-18-21(19(2)26(24-18)20-11-6-5-7-12-20)17-22(27)23-13-10-16-25-14-8-3-4-9-15-25/h5-7,11-12H,3-4,8-10,13-17H2,1-2H3,(H,23,27). The molecule has 146 valence electrons. The van der Waals surface area contributed by atoms with E-state index in [4.69, 9.17) is 0 Å². The highest BCUT2D eigenvalue weighted by atomic mass is 16.1. The maximum atomic E-state index is 12.4. The Labute approximate surface area is 162 Å². The van der Waals surface area contributed by atoms with Crippen molar-refractivity contribution < 1.29 is 4.79 Å². The van der Waals surface area contributed by atoms with Gasteiger partial charge in [0.05, 0.1) is 17.8 Å². The zero-order valence-corrected chi connectivity index (χ0v) is 16.7. The average Bonchev–Trinajstić information content (AvgIpc) is 2.86. The van der Waals surface area contributed by atoms with Crippen LogP contribution < -0.4 is 5.32 Å². The molecule has 0 atom stereocenters. The van der Waals surface area contributed by atoms with Gasteiger partial charge in [0.2, 0.25) is 5.91 Å². The highest BCUT2D eigenvalue weighted by Gasteiger charge is 2.16. The molecule has 2 heterocycles. The second kappa shape index (κ2) is 9.70. The van der Waals surface area contributed by atoms with E-state index >= 15 is 0 Å². The number of para-hydroxylation sites is 1. The van der Waals surface area contributed by atoms with E-state index in [1.807, 2.05) is 48.9 Å². The van der Waals surface area contributed by atoms with Crippen LogP contribution in [0.4, 0.5) is 0 Å². The summed E-state index contributed by atoms with van der Waals surface area (Å²) in [5, 5.41) is 7.72. The number of aryl methyl sites for hydroxylation is 1. The summed E-state index contributed by atoms with van der Waals surface area (Å²) in [6, 6.07) is 10.1. The van der Waals surface area contributed by atoms with E-state index in [1.54, 1.807) is 0 Å². The van der Waals surface area contributed by atoms with Crippen LogP contribution in [0.5, 0.6) is 0 Å². The molecule has 2 aromatic rings. The van der Waals surface area contributed by atoms with Gasteiger partial charge in [0.15, 0.2) is 0 Å². The quantitative estimate of drug-likeness (QED) is 0.762. The lowest BCUT2D eigenvalue weighted by molar-refractivity contribution is -0.120. The second-order valence-electron chi connectivity index (χ2n) is 7.53. The summed E-state index contributed by atoms with van der Waals surface area (Å²) in [5.74, 6) is 0.0877. The average molecular weight is 369 g/mol. The van der Waals surface area contributed by atoms with Crippen LogP contribution in [0.1, 0.15) is 49.1 Å². The fourth-order valence-corrected chi connectivity index (χ4v) is 3.86. The minimum absolute atomic E-state index is 0.0877. The first-order valence-electron chi connectivity index (χ1n) is 10.2. The van der Waals surface area contributed by atoms with Crippen molar-refractivity contribution in [3.05, 3.63) is 47.3 Å². The number of likely N-dealkylation sites (tertiary alicyclic amines) is 1. The number of hydrogen-bond donors (Lipinski definition) is 1. The molecule has 1 aliphatic heterocycles. The van der Waals surface area contributed by atoms with Gasteiger partial charge in [0.1, 0.15) is 0 Å². The van der Waals surface area contributed by atoms with Crippen molar-refractivity contribution in [1.82, 2.24) is 20.0 Å². The largest absolute Gasteiger partial charge is 0.356 e. The van der Waals surface area contributed by atoms with Crippen LogP contribution in [0.15, 0.2) is 30.3 Å². The van der Waals surface area contributed by atoms with E-state index in [0.717, 1.165) is 42.1 Å². The molecule has 5 heteroatoms. The van der Waals surface area contributed by atoms with Crippen molar-refractivity contribution >= 4 is 5.91 Å². The molecule has 0 saturated carbocycles. The summed E-state index contributed by atoms with van der Waals surface area (Å²) >= 11 is 0. The first-order chi connectivity index (χ1) is 13.1. The minimum Gasteiger partial charge on any atom is -0.356 e. The summed E-state index contributed by atoms with van der Waals surface area (Å²) in [7, 11) is 0. The third-order valence-electron chi connectivity index (χ3n) is 5.45. The number of aromatic nitrogens is 2. The Morgan fingerprint density at radius 3 is 2.48 bits per heavy atom. The predicted molar refractivity (Wildman–Crippen MR) is 109 cm³/mol. The van der Waals surface area contributed by atoms with Crippen molar-refractivity contribution in [3.63, 3.8) is 0 Å². The van der Waals surface area contributed by atoms with Gasteiger partial charge in [0, 0.05) is 17.8 Å². The van der Waals surface area contributed by atoms with Crippen molar-refractivity contribution in [2.24, 2.45) is 0 Å². The number of benzene rings is 1. The molecule has 1 aromatic heterocycles. The van der Waals surface area contributed by atoms with Gasteiger partial charge >= 0.3 is 0 Å². The SMILES string of the molecule is Cc1nn(-c2ccccc2)c(C)c1CC(=O)NCCCN1CCCCCC1. The lowest BCUT2D eigenvalue weighted by atomic mass is 10.1. The molecule has 27 heavy (non-hydrogen) atoms. The molecule has 0 aliphatic carbocycles. The Hall–Kier alpha value is -2.14. The molecule has 1 aliphatic rings. The Morgan fingerprint density at radius 2 is 1.78 bits per heavy atom. The molecule has 3 rings (SSSR count). The lowest BCUT2D eigenvalue weighted by Gasteiger charge is -2.19. The van der Waals surface area contributed by atoms with E-state index in [1.165, 1.54) is 38.8 Å². The van der Waals surface area contributed by atoms with Crippen LogP contribution in [0.3, 0.4) is 0 Å². The van der Waals surface area contributed by atoms with Crippen LogP contribution in [0, 0.1) is 13.8 Å². The summed E-state index contributed by atoms with van der Waals surface area (Å²) in [6.45, 7) is 8.28. The van der Waals surface area contributed by atoms with Gasteiger partial charge in [-0.05, 0) is 64.9 Å². The smallest absolute Gasteiger partial charge is 0.224 e. The van der Waals surface area contributed by atoms with E-state index in [-0.39, 0.29) is 5.91 Å². The van der Waals surface area contributed by atoms with Crippen LogP contribution in [-0.2, 0) is 11.2 Å². The number of rotatable bonds is 7. The van der Waals surface area contributed by atoms with Gasteiger partial charge in [0.25, 0.3) is 0 Å². The van der Waals surface area contributed by atoms with Crippen LogP contribution in [-0.4, -0.2) is 46.8 Å². The van der Waals surface area contributed by atoms with Crippen LogP contribution in [0.2, 0.25) is 0 Å². The minimum atomic E-state index is 0.0877. The Balaban J connectivity index is 1.48. The lowest BCUT2D eigenvalue weighted by Crippen LogP contribution is -2.31. The highest BCUT2D eigenvalue weighted by Crippen LogP contribution is 2.18. The number of nitrogens with zero attached hydrogens (tertiary/aromatic N) is 3. The molecule has 0 radical (unpaired) electrons. The van der Waals surface area contributed by atoms with Gasteiger partial charge in [-0.25, -0.2) is 4.68 Å². The number of hydrogen-bond acceptors (Lipinski definition) is 3. The fourth-order valence-electron chi connectivity index (χ4n) is 3.86. The molecular weight excluding hydrogens is 336 g/mol. The van der Waals surface area contributed by atoms with Crippen molar-refractivity contribution in [1.29, 1.82) is 0 Å². The Kier molecular flexibility index (Phi) is 7.04. The molecule has 1 saturated heterocycles. The molecule has 5 nitrogen and oxygen atoms in total. The van der Waals surface area contributed by atoms with E-state index in [9.17, 15) is 4.79 Å². The molecule has 1 fully saturated rings. The predicted octanol–water partition coefficient (Wildman–Crippen LogP) is 3.41. The Morgan fingerprint density at radius 1 is 1.07 bits per heavy atom. The monoisotopic (exact) mass is 368 g/mol. The Bertz CT molecular complexity index is 730. The molecule has 1 aromatic carbocycles. The topological polar surface area (TPSA) is 50.2 Å². The summed E-state index contributed by atoms with van der Waals surface area (Å²) in [4.78, 5) is 14.9. The molecule has 0 bridgehead atoms. The molecular formula is C22H32N4O. The molecule has 1 amide bonds. The summed E-state index contributed by atoms with van der Waals surface area (Å²) in [5.41, 5.74) is 4.03. The van der Waals surface area contributed by atoms with Gasteiger partial charge in [-0.15, -0.1) is 0 Å². The van der Waals surface area contributed by atoms with Gasteiger partial charge in [-0.3, -0.25) is 4.79 Å². The normalized spacial score (nSPS) is 15.5. The number of nitrogens with one attached hydrogen (secondary N) is 1. The number of carbonyl (C=O) groups excluding carboxylic acids is 1. The van der Waals surface area contributed by atoms with Gasteiger partial charge < -0.3 is 10.2 Å². The van der Waals surface area contributed by atoms with Crippen molar-refractivity contribution in [3.8, 4) is 5.69 Å². The third kappa shape index (κ3) is 5.42. The van der Waals surface area contributed by atoms with Crippen molar-refractivity contribution in [2.75, 3.05) is 26.2 Å². The summed E-state index contributed by atoms with van der Waals surface area (Å²) < 4.78 is 1.93. The maximum absolute atomic E-state index is 12.4. The highest BCUT2D eigenvalue weighted by molar-refractivity contribution is 5.79. The molecule has 0 spiro atoms. The van der Waals surface area contributed by atoms with E-state index in [2.05, 4.69) is 15.3 Å². The molecule has 1 N–H and O–H groups in total. The van der Waals surface area contributed by atoms with Crippen molar-refractivity contribution in [2.45, 2.75) is 52.4 Å². The molecule has 0 unspecified atom stereocenters. The van der Waals surface area contributed by atoms with Crippen LogP contribution in [0.25, 0.3) is 5.69 Å². The first kappa shape index (κ1) is 19.6. The second-order valence-corrected chi connectivity index (χ2v) is 7.53. The fraction of sp³-hybridized carbons (Fsp3) is 0.545. The van der Waals surface area contributed by atoms with Gasteiger partial charge in [-0.2, -0.15) is 5.10 Å². The van der Waals surface area contributed by atoms with E-state index in [0.29, 0.717) is 6.42 Å². The maximum Gasteiger partial charge on any atom is 0.224 e. The van der Waals surface area contributed by atoms with Crippen LogP contribution >= 0.6 is 0 Å². The summed E-state index contributed by atoms with van der Waals surface area (Å²) in [6.07, 6.45) is 6.78. The van der Waals surface area contributed by atoms with E-state index < -0.39 is 0 Å². The van der Waals surface area contributed by atoms with Gasteiger partial charge in [-0.1, -0.05) is 31.0 Å². The zero-order chi connectivity index (χ0) is 19.1. The number of amides is 1. The number of carbonyl (C=O) groups is 1.